The molecule has 0 heterocycles. The molecule has 10 nitrogen and oxygen atoms in total. The molecule has 0 aliphatic heterocycles. The molecule has 6 N–H and O–H groups in total. The van der Waals surface area contributed by atoms with E-state index < -0.39 is 82.0 Å². The van der Waals surface area contributed by atoms with E-state index in [2.05, 4.69) is 0 Å². The third-order valence-corrected chi connectivity index (χ3v) is 8.07. The Morgan fingerprint density at radius 2 is 1.74 bits per heavy atom. The molecule has 0 radical (unpaired) electrons. The average molecular weight is 534 g/mol. The van der Waals surface area contributed by atoms with E-state index in [1.54, 1.807) is 31.2 Å². The van der Waals surface area contributed by atoms with Crippen LogP contribution in [0.25, 0.3) is 5.76 Å². The quantitative estimate of drug-likeness (QED) is 0.290. The number of fused-ring (bicyclic) bond motifs is 3. The van der Waals surface area contributed by atoms with Crippen LogP contribution in [-0.4, -0.2) is 55.6 Å². The van der Waals surface area contributed by atoms with Gasteiger partial charge in [0.2, 0.25) is 5.78 Å². The summed E-state index contributed by atoms with van der Waals surface area (Å²) in [6.07, 6.45) is -2.17. The monoisotopic (exact) mass is 533 g/mol. The molecule has 10 heteroatoms. The van der Waals surface area contributed by atoms with Gasteiger partial charge in [-0.2, -0.15) is 0 Å². The molecule has 0 saturated heterocycles. The molecule has 5 atom stereocenters. The third-order valence-electron chi connectivity index (χ3n) is 8.07. The van der Waals surface area contributed by atoms with Crippen molar-refractivity contribution in [3.63, 3.8) is 0 Å². The normalized spacial score (nSPS) is 28.0. The van der Waals surface area contributed by atoms with Crippen molar-refractivity contribution in [2.24, 2.45) is 17.6 Å². The highest BCUT2D eigenvalue weighted by atomic mass is 16.5. The number of carbonyl (C=O) groups is 4. The summed E-state index contributed by atoms with van der Waals surface area (Å²) in [5.74, 6) is -9.57. The summed E-state index contributed by atoms with van der Waals surface area (Å²) in [6, 6.07) is 11.6. The number of primary amides is 1. The first-order chi connectivity index (χ1) is 18.4. The summed E-state index contributed by atoms with van der Waals surface area (Å²) in [4.78, 5) is 51.9. The Morgan fingerprint density at radius 3 is 2.38 bits per heavy atom. The van der Waals surface area contributed by atoms with E-state index >= 15 is 0 Å². The van der Waals surface area contributed by atoms with Crippen molar-refractivity contribution in [2.75, 3.05) is 0 Å². The summed E-state index contributed by atoms with van der Waals surface area (Å²) in [7, 11) is 0. The molecule has 5 unspecified atom stereocenters. The van der Waals surface area contributed by atoms with Crippen LogP contribution in [0, 0.1) is 18.8 Å². The number of rotatable bonds is 4. The average Bonchev–Trinajstić information content (AvgIpc) is 2.87. The SMILES string of the molecule is Cc1ccc(CC(=O)OC2C3C(=C(O)c4c(O)cccc4C3C)C(=O)C3(O)C(O)=C(C(N)=O)C(=O)CC23)cc1. The van der Waals surface area contributed by atoms with Gasteiger partial charge in [-0.1, -0.05) is 48.9 Å². The molecule has 0 bridgehead atoms. The standard InChI is InChI=1S/C29H27NO9/c1-12-6-8-14(9-7-12)10-19(33)39-25-16-11-18(32)22(28(30)37)26(35)29(16,38)27(36)23-20(25)13(2)15-4-3-5-17(31)21(15)24(23)34/h3-9,13,16,20,25,31,34-35,38H,10-11H2,1-2H3,(H2,30,37). The lowest BCUT2D eigenvalue weighted by atomic mass is 9.55. The van der Waals surface area contributed by atoms with Gasteiger partial charge >= 0.3 is 5.97 Å². The van der Waals surface area contributed by atoms with Crippen LogP contribution in [0.3, 0.4) is 0 Å². The number of aromatic hydroxyl groups is 1. The Kier molecular flexibility index (Phi) is 6.10. The number of aryl methyl sites for hydroxylation is 1. The smallest absolute Gasteiger partial charge is 0.310 e. The summed E-state index contributed by atoms with van der Waals surface area (Å²) < 4.78 is 5.87. The van der Waals surface area contributed by atoms with Crippen molar-refractivity contribution in [3.8, 4) is 5.75 Å². The fraction of sp³-hybridized carbons (Fsp3) is 0.310. The number of Topliss-reactive ketones (excluding diaryl/α,β-unsaturated/α-hetero) is 2. The van der Waals surface area contributed by atoms with Crippen LogP contribution in [0.4, 0.5) is 0 Å². The largest absolute Gasteiger partial charge is 0.508 e. The molecule has 1 amide bonds. The Hall–Kier alpha value is -4.44. The van der Waals surface area contributed by atoms with Crippen LogP contribution in [0.1, 0.15) is 41.5 Å². The van der Waals surface area contributed by atoms with Crippen molar-refractivity contribution in [2.45, 2.75) is 44.3 Å². The second-order valence-corrected chi connectivity index (χ2v) is 10.4. The first-order valence-electron chi connectivity index (χ1n) is 12.4. The number of aliphatic hydroxyl groups excluding tert-OH is 2. The number of hydrogen-bond donors (Lipinski definition) is 5. The van der Waals surface area contributed by atoms with Crippen molar-refractivity contribution < 1.29 is 44.3 Å². The van der Waals surface area contributed by atoms with Gasteiger partial charge in [0.1, 0.15) is 28.9 Å². The number of amides is 1. The molecule has 39 heavy (non-hydrogen) atoms. The molecule has 3 aliphatic rings. The number of ketones is 2. The van der Waals surface area contributed by atoms with Crippen LogP contribution in [-0.2, 0) is 30.3 Å². The Balaban J connectivity index is 1.68. The molecular formula is C29H27NO9. The first kappa shape index (κ1) is 26.2. The van der Waals surface area contributed by atoms with E-state index in [-0.39, 0.29) is 17.7 Å². The van der Waals surface area contributed by atoms with Gasteiger partial charge in [-0.15, -0.1) is 0 Å². The van der Waals surface area contributed by atoms with Gasteiger partial charge in [-0.05, 0) is 30.0 Å². The molecule has 1 fully saturated rings. The number of nitrogens with two attached hydrogens (primary N) is 1. The van der Waals surface area contributed by atoms with Gasteiger partial charge in [0.15, 0.2) is 11.4 Å². The van der Waals surface area contributed by atoms with Gasteiger partial charge in [-0.25, -0.2) is 0 Å². The van der Waals surface area contributed by atoms with E-state index in [0.29, 0.717) is 11.1 Å². The lowest BCUT2D eigenvalue weighted by Gasteiger charge is -2.51. The minimum atomic E-state index is -2.89. The lowest BCUT2D eigenvalue weighted by molar-refractivity contribution is -0.178. The second kappa shape index (κ2) is 9.09. The van der Waals surface area contributed by atoms with Crippen LogP contribution in [0.2, 0.25) is 0 Å². The maximum Gasteiger partial charge on any atom is 0.310 e. The van der Waals surface area contributed by atoms with E-state index in [0.717, 1.165) is 5.56 Å². The van der Waals surface area contributed by atoms with Crippen LogP contribution in [0.15, 0.2) is 59.4 Å². The second-order valence-electron chi connectivity index (χ2n) is 10.4. The zero-order valence-corrected chi connectivity index (χ0v) is 21.2. The molecule has 3 aliphatic carbocycles. The van der Waals surface area contributed by atoms with Gasteiger partial charge in [0, 0.05) is 23.8 Å². The number of phenols is 1. The Morgan fingerprint density at radius 1 is 1.08 bits per heavy atom. The third kappa shape index (κ3) is 3.82. The number of ether oxygens (including phenoxy) is 1. The van der Waals surface area contributed by atoms with Crippen LogP contribution < -0.4 is 5.73 Å². The molecular weight excluding hydrogens is 506 g/mol. The van der Waals surface area contributed by atoms with E-state index in [4.69, 9.17) is 10.5 Å². The minimum Gasteiger partial charge on any atom is -0.508 e. The topological polar surface area (TPSA) is 184 Å². The van der Waals surface area contributed by atoms with Gasteiger partial charge < -0.3 is 30.9 Å². The molecule has 5 rings (SSSR count). The van der Waals surface area contributed by atoms with Crippen LogP contribution in [0.5, 0.6) is 5.75 Å². The maximum atomic E-state index is 13.9. The molecule has 2 aromatic carbocycles. The highest BCUT2D eigenvalue weighted by Gasteiger charge is 2.66. The lowest BCUT2D eigenvalue weighted by Crippen LogP contribution is -2.64. The predicted molar refractivity (Wildman–Crippen MR) is 136 cm³/mol. The number of esters is 1. The van der Waals surface area contributed by atoms with Crippen molar-refractivity contribution in [1.82, 2.24) is 0 Å². The summed E-state index contributed by atoms with van der Waals surface area (Å²) >= 11 is 0. The van der Waals surface area contributed by atoms with Crippen molar-refractivity contribution >= 4 is 29.2 Å². The molecule has 202 valence electrons. The Bertz CT molecular complexity index is 1500. The summed E-state index contributed by atoms with van der Waals surface area (Å²) in [5.41, 5.74) is 3.09. The number of phenolic OH excluding ortho intramolecular Hbond substituents is 1. The van der Waals surface area contributed by atoms with E-state index in [1.807, 2.05) is 19.1 Å². The minimum absolute atomic E-state index is 0.0399. The van der Waals surface area contributed by atoms with E-state index in [9.17, 15) is 39.6 Å². The zero-order chi connectivity index (χ0) is 28.4. The van der Waals surface area contributed by atoms with Gasteiger partial charge in [0.05, 0.1) is 12.0 Å². The maximum absolute atomic E-state index is 13.9. The zero-order valence-electron chi connectivity index (χ0n) is 21.2. The molecule has 1 saturated carbocycles. The van der Waals surface area contributed by atoms with E-state index in [1.165, 1.54) is 6.07 Å². The van der Waals surface area contributed by atoms with Gasteiger partial charge in [-0.3, -0.25) is 19.2 Å². The summed E-state index contributed by atoms with van der Waals surface area (Å²) in [5, 5.41) is 44.4. The first-order valence-corrected chi connectivity index (χ1v) is 12.4. The number of aliphatic hydroxyl groups is 3. The fourth-order valence-electron chi connectivity index (χ4n) is 6.15. The molecule has 0 aromatic heterocycles. The summed E-state index contributed by atoms with van der Waals surface area (Å²) in [6.45, 7) is 3.59. The Labute approximate surface area is 223 Å². The van der Waals surface area contributed by atoms with Gasteiger partial charge in [0.25, 0.3) is 5.91 Å². The van der Waals surface area contributed by atoms with Crippen LogP contribution >= 0.6 is 0 Å². The number of hydrogen-bond acceptors (Lipinski definition) is 9. The fourth-order valence-corrected chi connectivity index (χ4v) is 6.15. The number of carbonyl (C=O) groups excluding carboxylic acids is 4. The van der Waals surface area contributed by atoms with Crippen molar-refractivity contribution in [1.29, 1.82) is 0 Å². The predicted octanol–water partition coefficient (Wildman–Crippen LogP) is 2.06. The highest BCUT2D eigenvalue weighted by molar-refractivity contribution is 6.23. The van der Waals surface area contributed by atoms with Crippen molar-refractivity contribution in [3.05, 3.63) is 81.6 Å². The molecule has 0 spiro atoms. The molecule has 2 aromatic rings. The highest BCUT2D eigenvalue weighted by Crippen LogP contribution is 2.56. The number of benzene rings is 2.